The van der Waals surface area contributed by atoms with Crippen molar-refractivity contribution in [3.05, 3.63) is 12.3 Å². The summed E-state index contributed by atoms with van der Waals surface area (Å²) in [5, 5.41) is 0. The van der Waals surface area contributed by atoms with Gasteiger partial charge in [-0.3, -0.25) is 4.79 Å². The predicted molar refractivity (Wildman–Crippen MR) is 77.9 cm³/mol. The number of anilines is 2. The SMILES string of the molecule is CCOC(=O)C1CCN(c2ccnc(N(C)C)n2)CC1. The third kappa shape index (κ3) is 3.37. The van der Waals surface area contributed by atoms with E-state index in [4.69, 9.17) is 4.74 Å². The zero-order valence-corrected chi connectivity index (χ0v) is 12.4. The molecular formula is C14H22N4O2. The maximum absolute atomic E-state index is 11.7. The lowest BCUT2D eigenvalue weighted by atomic mass is 9.97. The molecule has 0 bridgehead atoms. The smallest absolute Gasteiger partial charge is 0.309 e. The summed E-state index contributed by atoms with van der Waals surface area (Å²) in [7, 11) is 3.85. The van der Waals surface area contributed by atoms with E-state index in [0.29, 0.717) is 12.6 Å². The number of carbonyl (C=O) groups excluding carboxylic acids is 1. The van der Waals surface area contributed by atoms with Crippen LogP contribution in [0.1, 0.15) is 19.8 Å². The highest BCUT2D eigenvalue weighted by molar-refractivity contribution is 5.72. The monoisotopic (exact) mass is 278 g/mol. The number of hydrogen-bond acceptors (Lipinski definition) is 6. The molecule has 0 radical (unpaired) electrons. The topological polar surface area (TPSA) is 58.6 Å². The Morgan fingerprint density at radius 3 is 2.75 bits per heavy atom. The first-order valence-electron chi connectivity index (χ1n) is 7.03. The summed E-state index contributed by atoms with van der Waals surface area (Å²) in [5.74, 6) is 1.59. The Morgan fingerprint density at radius 1 is 1.45 bits per heavy atom. The number of hydrogen-bond donors (Lipinski definition) is 0. The molecule has 0 N–H and O–H groups in total. The van der Waals surface area contributed by atoms with Gasteiger partial charge in [-0.1, -0.05) is 0 Å². The summed E-state index contributed by atoms with van der Waals surface area (Å²) in [4.78, 5) is 24.5. The van der Waals surface area contributed by atoms with E-state index in [-0.39, 0.29) is 11.9 Å². The molecule has 0 unspecified atom stereocenters. The molecule has 2 rings (SSSR count). The van der Waals surface area contributed by atoms with E-state index in [1.54, 1.807) is 6.20 Å². The molecule has 1 aromatic heterocycles. The van der Waals surface area contributed by atoms with E-state index in [2.05, 4.69) is 14.9 Å². The Hall–Kier alpha value is -1.85. The fourth-order valence-electron chi connectivity index (χ4n) is 2.34. The molecular weight excluding hydrogens is 256 g/mol. The number of piperidine rings is 1. The number of esters is 1. The maximum Gasteiger partial charge on any atom is 0.309 e. The van der Waals surface area contributed by atoms with Crippen LogP contribution in [0.3, 0.4) is 0 Å². The summed E-state index contributed by atoms with van der Waals surface area (Å²) >= 11 is 0. The Morgan fingerprint density at radius 2 is 2.15 bits per heavy atom. The highest BCUT2D eigenvalue weighted by Crippen LogP contribution is 2.23. The van der Waals surface area contributed by atoms with Gasteiger partial charge in [-0.2, -0.15) is 4.98 Å². The summed E-state index contributed by atoms with van der Waals surface area (Å²) in [5.41, 5.74) is 0. The molecule has 1 aliphatic rings. The van der Waals surface area contributed by atoms with Crippen LogP contribution in [0.4, 0.5) is 11.8 Å². The minimum atomic E-state index is -0.0659. The van der Waals surface area contributed by atoms with E-state index in [1.807, 2.05) is 32.0 Å². The molecule has 1 aromatic rings. The number of aromatic nitrogens is 2. The number of rotatable bonds is 4. The molecule has 1 fully saturated rings. The summed E-state index contributed by atoms with van der Waals surface area (Å²) in [6.45, 7) is 3.95. The number of carbonyl (C=O) groups is 1. The Bertz CT molecular complexity index is 456. The largest absolute Gasteiger partial charge is 0.466 e. The molecule has 0 spiro atoms. The molecule has 0 aromatic carbocycles. The first-order valence-corrected chi connectivity index (χ1v) is 7.03. The van der Waals surface area contributed by atoms with Crippen LogP contribution in [0.2, 0.25) is 0 Å². The highest BCUT2D eigenvalue weighted by Gasteiger charge is 2.26. The van der Waals surface area contributed by atoms with Crippen molar-refractivity contribution in [3.63, 3.8) is 0 Å². The number of nitrogens with zero attached hydrogens (tertiary/aromatic N) is 4. The average molecular weight is 278 g/mol. The van der Waals surface area contributed by atoms with Gasteiger partial charge in [-0.15, -0.1) is 0 Å². The summed E-state index contributed by atoms with van der Waals surface area (Å²) < 4.78 is 5.08. The standard InChI is InChI=1S/C14H22N4O2/c1-4-20-13(19)11-6-9-18(10-7-11)12-5-8-15-14(16-12)17(2)3/h5,8,11H,4,6-7,9-10H2,1-3H3. The van der Waals surface area contributed by atoms with Crippen LogP contribution in [0.5, 0.6) is 0 Å². The van der Waals surface area contributed by atoms with Gasteiger partial charge in [0.15, 0.2) is 0 Å². The predicted octanol–water partition coefficient (Wildman–Crippen LogP) is 1.32. The average Bonchev–Trinajstić information content (AvgIpc) is 2.48. The molecule has 110 valence electrons. The van der Waals surface area contributed by atoms with Crippen molar-refractivity contribution in [3.8, 4) is 0 Å². The zero-order valence-electron chi connectivity index (χ0n) is 12.4. The molecule has 0 amide bonds. The first-order chi connectivity index (χ1) is 9.61. The zero-order chi connectivity index (χ0) is 14.5. The Kier molecular flexibility index (Phi) is 4.76. The van der Waals surface area contributed by atoms with E-state index < -0.39 is 0 Å². The second-order valence-electron chi connectivity index (χ2n) is 5.12. The third-order valence-corrected chi connectivity index (χ3v) is 3.47. The van der Waals surface area contributed by atoms with E-state index in [0.717, 1.165) is 31.7 Å². The Labute approximate surface area is 119 Å². The molecule has 6 heteroatoms. The first kappa shape index (κ1) is 14.6. The summed E-state index contributed by atoms with van der Waals surface area (Å²) in [6, 6.07) is 1.91. The summed E-state index contributed by atoms with van der Waals surface area (Å²) in [6.07, 6.45) is 3.41. The van der Waals surface area contributed by atoms with Gasteiger partial charge in [0.05, 0.1) is 12.5 Å². The second kappa shape index (κ2) is 6.54. The Balaban J connectivity index is 1.97. The van der Waals surface area contributed by atoms with Crippen LogP contribution in [0, 0.1) is 5.92 Å². The van der Waals surface area contributed by atoms with Crippen LogP contribution in [-0.2, 0) is 9.53 Å². The van der Waals surface area contributed by atoms with Gasteiger partial charge in [0.1, 0.15) is 5.82 Å². The van der Waals surface area contributed by atoms with Crippen molar-refractivity contribution in [2.24, 2.45) is 5.92 Å². The lowest BCUT2D eigenvalue weighted by Crippen LogP contribution is -2.37. The molecule has 20 heavy (non-hydrogen) atoms. The molecule has 0 atom stereocenters. The van der Waals surface area contributed by atoms with Crippen molar-refractivity contribution < 1.29 is 9.53 Å². The van der Waals surface area contributed by atoms with Gasteiger partial charge in [-0.05, 0) is 25.8 Å². The van der Waals surface area contributed by atoms with Gasteiger partial charge in [-0.25, -0.2) is 4.98 Å². The lowest BCUT2D eigenvalue weighted by Gasteiger charge is -2.31. The fraction of sp³-hybridized carbons (Fsp3) is 0.643. The van der Waals surface area contributed by atoms with Gasteiger partial charge < -0.3 is 14.5 Å². The van der Waals surface area contributed by atoms with Crippen LogP contribution in [-0.4, -0.2) is 49.7 Å². The van der Waals surface area contributed by atoms with Crippen LogP contribution in [0.25, 0.3) is 0 Å². The molecule has 0 saturated carbocycles. The van der Waals surface area contributed by atoms with Gasteiger partial charge in [0, 0.05) is 33.4 Å². The van der Waals surface area contributed by atoms with E-state index >= 15 is 0 Å². The minimum absolute atomic E-state index is 0.0290. The van der Waals surface area contributed by atoms with Gasteiger partial charge >= 0.3 is 5.97 Å². The quantitative estimate of drug-likeness (QED) is 0.774. The minimum Gasteiger partial charge on any atom is -0.466 e. The molecule has 2 heterocycles. The second-order valence-corrected chi connectivity index (χ2v) is 5.12. The van der Waals surface area contributed by atoms with Crippen LogP contribution < -0.4 is 9.80 Å². The van der Waals surface area contributed by atoms with Crippen molar-refractivity contribution in [2.75, 3.05) is 43.6 Å². The van der Waals surface area contributed by atoms with Crippen molar-refractivity contribution in [1.82, 2.24) is 9.97 Å². The molecule has 1 aliphatic heterocycles. The van der Waals surface area contributed by atoms with Crippen LogP contribution in [0.15, 0.2) is 12.3 Å². The van der Waals surface area contributed by atoms with E-state index in [1.165, 1.54) is 0 Å². The van der Waals surface area contributed by atoms with Crippen LogP contribution >= 0.6 is 0 Å². The van der Waals surface area contributed by atoms with E-state index in [9.17, 15) is 4.79 Å². The molecule has 6 nitrogen and oxygen atoms in total. The van der Waals surface area contributed by atoms with Crippen molar-refractivity contribution in [1.29, 1.82) is 0 Å². The highest BCUT2D eigenvalue weighted by atomic mass is 16.5. The van der Waals surface area contributed by atoms with Gasteiger partial charge in [0.25, 0.3) is 0 Å². The number of ether oxygens (including phenoxy) is 1. The fourth-order valence-corrected chi connectivity index (χ4v) is 2.34. The third-order valence-electron chi connectivity index (χ3n) is 3.47. The lowest BCUT2D eigenvalue weighted by molar-refractivity contribution is -0.148. The maximum atomic E-state index is 11.7. The van der Waals surface area contributed by atoms with Gasteiger partial charge in [0.2, 0.25) is 5.95 Å². The molecule has 1 saturated heterocycles. The van der Waals surface area contributed by atoms with Crippen molar-refractivity contribution in [2.45, 2.75) is 19.8 Å². The normalized spacial score (nSPS) is 16.1. The van der Waals surface area contributed by atoms with Crippen molar-refractivity contribution >= 4 is 17.7 Å². The molecule has 0 aliphatic carbocycles.